The van der Waals surface area contributed by atoms with Crippen LogP contribution in [0, 0.1) is 0 Å². The highest BCUT2D eigenvalue weighted by Gasteiger charge is 2.39. The van der Waals surface area contributed by atoms with Crippen molar-refractivity contribution in [2.24, 2.45) is 0 Å². The number of fused-ring (bicyclic) bond motifs is 1. The van der Waals surface area contributed by atoms with E-state index in [2.05, 4.69) is 5.32 Å². The number of ether oxygens (including phenoxy) is 3. The fraction of sp³-hybridized carbons (Fsp3) is 0.318. The zero-order valence-corrected chi connectivity index (χ0v) is 17.4. The number of rotatable bonds is 4. The van der Waals surface area contributed by atoms with Crippen LogP contribution < -0.4 is 19.5 Å². The van der Waals surface area contributed by atoms with Gasteiger partial charge in [-0.05, 0) is 24.6 Å². The Morgan fingerprint density at radius 1 is 1.12 bits per heavy atom. The molecule has 33 heavy (non-hydrogen) atoms. The minimum atomic E-state index is -4.54. The van der Waals surface area contributed by atoms with Gasteiger partial charge in [0.1, 0.15) is 30.8 Å². The third-order valence-corrected chi connectivity index (χ3v) is 5.12. The van der Waals surface area contributed by atoms with Gasteiger partial charge in [-0.3, -0.25) is 19.3 Å². The average molecular weight is 464 g/mol. The van der Waals surface area contributed by atoms with Gasteiger partial charge in [0.25, 0.3) is 0 Å². The first-order chi connectivity index (χ1) is 15.6. The summed E-state index contributed by atoms with van der Waals surface area (Å²) in [5.74, 6) is -1.12. The quantitative estimate of drug-likeness (QED) is 0.741. The van der Waals surface area contributed by atoms with Crippen LogP contribution in [0.15, 0.2) is 36.4 Å². The number of alkyl halides is 3. The molecule has 0 spiro atoms. The van der Waals surface area contributed by atoms with Crippen LogP contribution in [-0.2, 0) is 20.6 Å². The van der Waals surface area contributed by atoms with Gasteiger partial charge in [-0.15, -0.1) is 0 Å². The molecule has 1 saturated heterocycles. The first-order valence-electron chi connectivity index (χ1n) is 10.1. The van der Waals surface area contributed by atoms with Gasteiger partial charge < -0.3 is 19.5 Å². The molecule has 0 saturated carbocycles. The number of anilines is 1. The van der Waals surface area contributed by atoms with E-state index in [1.165, 1.54) is 31.2 Å². The Bertz CT molecular complexity index is 1120. The van der Waals surface area contributed by atoms with E-state index in [4.69, 9.17) is 14.2 Å². The molecule has 0 bridgehead atoms. The molecule has 4 rings (SSSR count). The van der Waals surface area contributed by atoms with Crippen LogP contribution >= 0.6 is 0 Å². The lowest BCUT2D eigenvalue weighted by Gasteiger charge is -2.24. The van der Waals surface area contributed by atoms with Crippen LogP contribution in [0.1, 0.15) is 25.3 Å². The Hall–Kier alpha value is -3.76. The van der Waals surface area contributed by atoms with Crippen LogP contribution in [0.4, 0.5) is 18.9 Å². The second-order valence-corrected chi connectivity index (χ2v) is 7.45. The number of benzene rings is 2. The van der Waals surface area contributed by atoms with E-state index >= 15 is 0 Å². The minimum Gasteiger partial charge on any atom is -0.486 e. The Morgan fingerprint density at radius 3 is 2.61 bits per heavy atom. The Labute approximate surface area is 186 Å². The van der Waals surface area contributed by atoms with E-state index in [0.717, 1.165) is 17.0 Å². The van der Waals surface area contributed by atoms with E-state index in [1.54, 1.807) is 0 Å². The number of halogens is 3. The van der Waals surface area contributed by atoms with Crippen LogP contribution in [0.25, 0.3) is 0 Å². The topological polar surface area (TPSA) is 94.2 Å². The first kappa shape index (κ1) is 22.4. The number of nitrogens with zero attached hydrogens (tertiary/aromatic N) is 1. The Kier molecular flexibility index (Phi) is 5.88. The van der Waals surface area contributed by atoms with Gasteiger partial charge in [0.2, 0.25) is 17.7 Å². The molecule has 2 aromatic carbocycles. The predicted molar refractivity (Wildman–Crippen MR) is 108 cm³/mol. The SMILES string of the molecule is CC(=O)N1C(=O)CCC1C(=O)Nc1cc(Oc2cccc(C(F)(F)F)c2)cc2c1OCCO2. The molecule has 1 unspecified atom stereocenters. The first-order valence-corrected chi connectivity index (χ1v) is 10.1. The lowest BCUT2D eigenvalue weighted by Crippen LogP contribution is -2.44. The summed E-state index contributed by atoms with van der Waals surface area (Å²) in [6.07, 6.45) is -4.30. The molecule has 0 aliphatic carbocycles. The number of nitrogens with one attached hydrogen (secondary N) is 1. The normalized spacial score (nSPS) is 17.6. The number of imide groups is 1. The minimum absolute atomic E-state index is 0.0636. The summed E-state index contributed by atoms with van der Waals surface area (Å²) < 4.78 is 55.8. The molecule has 0 aromatic heterocycles. The standard InChI is InChI=1S/C22H19F3N2O6/c1-12(28)27-17(5-6-19(27)29)21(30)26-16-10-15(11-18-20(16)32-8-7-31-18)33-14-4-2-3-13(9-14)22(23,24)25/h2-4,9-11,17H,5-8H2,1H3,(H,26,30). The second kappa shape index (κ2) is 8.64. The molecule has 0 radical (unpaired) electrons. The van der Waals surface area contributed by atoms with Gasteiger partial charge >= 0.3 is 6.18 Å². The number of carbonyl (C=O) groups is 3. The zero-order valence-electron chi connectivity index (χ0n) is 17.4. The summed E-state index contributed by atoms with van der Waals surface area (Å²) >= 11 is 0. The van der Waals surface area contributed by atoms with Crippen LogP contribution in [0.2, 0.25) is 0 Å². The van der Waals surface area contributed by atoms with Gasteiger partial charge in [-0.2, -0.15) is 13.2 Å². The molecular weight excluding hydrogens is 445 g/mol. The van der Waals surface area contributed by atoms with Crippen molar-refractivity contribution < 1.29 is 41.8 Å². The van der Waals surface area contributed by atoms with Crippen molar-refractivity contribution in [2.45, 2.75) is 32.0 Å². The largest absolute Gasteiger partial charge is 0.486 e. The highest BCUT2D eigenvalue weighted by Crippen LogP contribution is 2.43. The number of amides is 3. The highest BCUT2D eigenvalue weighted by atomic mass is 19.4. The molecule has 174 valence electrons. The van der Waals surface area contributed by atoms with Crippen molar-refractivity contribution in [1.82, 2.24) is 4.90 Å². The lowest BCUT2D eigenvalue weighted by atomic mass is 10.1. The second-order valence-electron chi connectivity index (χ2n) is 7.45. The van der Waals surface area contributed by atoms with Gasteiger partial charge in [0, 0.05) is 25.5 Å². The van der Waals surface area contributed by atoms with Crippen molar-refractivity contribution in [3.8, 4) is 23.0 Å². The summed E-state index contributed by atoms with van der Waals surface area (Å²) in [7, 11) is 0. The third kappa shape index (κ3) is 4.71. The van der Waals surface area contributed by atoms with Crippen molar-refractivity contribution in [1.29, 1.82) is 0 Å². The number of carbonyl (C=O) groups excluding carboxylic acids is 3. The Balaban J connectivity index is 1.62. The zero-order chi connectivity index (χ0) is 23.8. The van der Waals surface area contributed by atoms with Crippen molar-refractivity contribution >= 4 is 23.4 Å². The highest BCUT2D eigenvalue weighted by molar-refractivity contribution is 6.06. The summed E-state index contributed by atoms with van der Waals surface area (Å²) in [6.45, 7) is 1.64. The molecule has 2 aromatic rings. The smallest absolute Gasteiger partial charge is 0.416 e. The van der Waals surface area contributed by atoms with E-state index in [0.29, 0.717) is 0 Å². The maximum atomic E-state index is 13.0. The Morgan fingerprint density at radius 2 is 1.88 bits per heavy atom. The van der Waals surface area contributed by atoms with E-state index in [-0.39, 0.29) is 54.7 Å². The fourth-order valence-electron chi connectivity index (χ4n) is 3.70. The van der Waals surface area contributed by atoms with Gasteiger partial charge in [0.05, 0.1) is 11.3 Å². The third-order valence-electron chi connectivity index (χ3n) is 5.12. The summed E-state index contributed by atoms with van der Waals surface area (Å²) in [5, 5.41) is 2.63. The fourth-order valence-corrected chi connectivity index (χ4v) is 3.70. The van der Waals surface area contributed by atoms with E-state index in [9.17, 15) is 27.6 Å². The monoisotopic (exact) mass is 464 g/mol. The van der Waals surface area contributed by atoms with Gasteiger partial charge in [-0.1, -0.05) is 6.07 Å². The molecule has 3 amide bonds. The summed E-state index contributed by atoms with van der Waals surface area (Å²) in [5.41, 5.74) is -0.733. The molecule has 11 heteroatoms. The maximum Gasteiger partial charge on any atom is 0.416 e. The van der Waals surface area contributed by atoms with E-state index < -0.39 is 35.5 Å². The molecule has 8 nitrogen and oxygen atoms in total. The molecule has 2 aliphatic rings. The maximum absolute atomic E-state index is 13.0. The molecular formula is C22H19F3N2O6. The lowest BCUT2D eigenvalue weighted by molar-refractivity contribution is -0.145. The number of hydrogen-bond acceptors (Lipinski definition) is 6. The van der Waals surface area contributed by atoms with Crippen molar-refractivity contribution in [3.05, 3.63) is 42.0 Å². The number of likely N-dealkylation sites (tertiary alicyclic amines) is 1. The van der Waals surface area contributed by atoms with Crippen LogP contribution in [0.3, 0.4) is 0 Å². The summed E-state index contributed by atoms with van der Waals surface area (Å²) in [6, 6.07) is 6.18. The van der Waals surface area contributed by atoms with Crippen molar-refractivity contribution in [2.75, 3.05) is 18.5 Å². The molecule has 2 heterocycles. The predicted octanol–water partition coefficient (Wildman–Crippen LogP) is 3.74. The average Bonchev–Trinajstić information content (AvgIpc) is 3.15. The summed E-state index contributed by atoms with van der Waals surface area (Å²) in [4.78, 5) is 37.5. The van der Waals surface area contributed by atoms with Crippen LogP contribution in [0.5, 0.6) is 23.0 Å². The van der Waals surface area contributed by atoms with Crippen molar-refractivity contribution in [3.63, 3.8) is 0 Å². The molecule has 1 fully saturated rings. The van der Waals surface area contributed by atoms with E-state index in [1.807, 2.05) is 0 Å². The molecule has 1 atom stereocenters. The number of hydrogen-bond donors (Lipinski definition) is 1. The molecule has 2 aliphatic heterocycles. The molecule has 1 N–H and O–H groups in total. The van der Waals surface area contributed by atoms with Crippen LogP contribution in [-0.4, -0.2) is 41.9 Å². The van der Waals surface area contributed by atoms with Gasteiger partial charge in [-0.25, -0.2) is 0 Å². The van der Waals surface area contributed by atoms with Gasteiger partial charge in [0.15, 0.2) is 11.5 Å².